The van der Waals surface area contributed by atoms with E-state index in [4.69, 9.17) is 5.73 Å². The third-order valence-corrected chi connectivity index (χ3v) is 4.04. The van der Waals surface area contributed by atoms with Crippen molar-refractivity contribution in [1.29, 1.82) is 0 Å². The largest absolute Gasteiger partial charge is 0.330 e. The molecule has 1 aliphatic rings. The Balaban J connectivity index is 1.80. The lowest BCUT2D eigenvalue weighted by atomic mass is 9.98. The third kappa shape index (κ3) is 3.76. The molecule has 0 spiro atoms. The number of nitrogens with zero attached hydrogens (tertiary/aromatic N) is 2. The van der Waals surface area contributed by atoms with Gasteiger partial charge in [-0.15, -0.1) is 11.3 Å². The van der Waals surface area contributed by atoms with Crippen molar-refractivity contribution in [1.82, 2.24) is 9.88 Å². The third-order valence-electron chi connectivity index (χ3n) is 3.17. The van der Waals surface area contributed by atoms with Gasteiger partial charge in [-0.2, -0.15) is 0 Å². The van der Waals surface area contributed by atoms with Crippen LogP contribution in [0.25, 0.3) is 0 Å². The zero-order valence-electron chi connectivity index (χ0n) is 10.7. The molecule has 1 fully saturated rings. The van der Waals surface area contributed by atoms with Crippen LogP contribution < -0.4 is 11.1 Å². The highest BCUT2D eigenvalue weighted by Crippen LogP contribution is 2.16. The zero-order chi connectivity index (χ0) is 13.0. The van der Waals surface area contributed by atoms with Gasteiger partial charge in [0.2, 0.25) is 5.91 Å². The molecule has 1 aromatic rings. The number of aryl methyl sites for hydroxylation is 1. The van der Waals surface area contributed by atoms with E-state index in [0.29, 0.717) is 24.1 Å². The van der Waals surface area contributed by atoms with E-state index in [1.54, 1.807) is 0 Å². The topological polar surface area (TPSA) is 71.2 Å². The summed E-state index contributed by atoms with van der Waals surface area (Å²) in [6.45, 7) is 4.99. The fourth-order valence-corrected chi connectivity index (χ4v) is 2.96. The van der Waals surface area contributed by atoms with Crippen molar-refractivity contribution in [3.05, 3.63) is 11.1 Å². The van der Waals surface area contributed by atoms with Crippen molar-refractivity contribution in [2.75, 3.05) is 31.5 Å². The fourth-order valence-electron chi connectivity index (χ4n) is 2.26. The number of amides is 1. The molecular weight excluding hydrogens is 248 g/mol. The van der Waals surface area contributed by atoms with Crippen molar-refractivity contribution in [2.45, 2.75) is 19.8 Å². The lowest BCUT2D eigenvalue weighted by Gasteiger charge is -2.31. The maximum atomic E-state index is 11.9. The molecule has 1 atom stereocenters. The van der Waals surface area contributed by atoms with E-state index in [9.17, 15) is 4.79 Å². The maximum absolute atomic E-state index is 11.9. The molecule has 1 aliphatic heterocycles. The van der Waals surface area contributed by atoms with Crippen LogP contribution in [-0.4, -0.2) is 42.0 Å². The van der Waals surface area contributed by atoms with Crippen LogP contribution in [0.5, 0.6) is 0 Å². The zero-order valence-corrected chi connectivity index (χ0v) is 11.5. The Hall–Kier alpha value is -0.980. The first-order valence-corrected chi connectivity index (χ1v) is 7.19. The van der Waals surface area contributed by atoms with Crippen LogP contribution in [0.15, 0.2) is 5.38 Å². The molecule has 1 unspecified atom stereocenters. The minimum Gasteiger partial charge on any atom is -0.330 e. The number of thiazole rings is 1. The Morgan fingerprint density at radius 2 is 2.56 bits per heavy atom. The van der Waals surface area contributed by atoms with E-state index in [0.717, 1.165) is 25.2 Å². The molecule has 1 aromatic heterocycles. The Kier molecular flexibility index (Phi) is 4.68. The highest BCUT2D eigenvalue weighted by atomic mass is 32.1. The second-order valence-corrected chi connectivity index (χ2v) is 5.68. The van der Waals surface area contributed by atoms with E-state index in [1.807, 2.05) is 12.3 Å². The average molecular weight is 268 g/mol. The first-order valence-electron chi connectivity index (χ1n) is 6.32. The first kappa shape index (κ1) is 13.5. The molecule has 18 heavy (non-hydrogen) atoms. The molecule has 6 heteroatoms. The minimum absolute atomic E-state index is 0.0158. The van der Waals surface area contributed by atoms with Crippen LogP contribution in [0.4, 0.5) is 5.13 Å². The van der Waals surface area contributed by atoms with Gasteiger partial charge >= 0.3 is 0 Å². The van der Waals surface area contributed by atoms with Gasteiger partial charge in [-0.1, -0.05) is 0 Å². The van der Waals surface area contributed by atoms with Crippen LogP contribution in [-0.2, 0) is 4.79 Å². The number of carbonyl (C=O) groups excluding carboxylic acids is 1. The van der Waals surface area contributed by atoms with Crippen LogP contribution in [0.3, 0.4) is 0 Å². The molecule has 1 amide bonds. The molecule has 2 rings (SSSR count). The number of hydrogen-bond donors (Lipinski definition) is 2. The standard InChI is InChI=1S/C12H20N4OS/c1-9-8-18-12(14-9)15-11(17)7-16-4-2-3-10(5-13)6-16/h8,10H,2-7,13H2,1H3,(H,14,15,17). The molecule has 0 aromatic carbocycles. The van der Waals surface area contributed by atoms with Crippen LogP contribution in [0.2, 0.25) is 0 Å². The Morgan fingerprint density at radius 3 is 3.22 bits per heavy atom. The average Bonchev–Trinajstić information content (AvgIpc) is 2.74. The summed E-state index contributed by atoms with van der Waals surface area (Å²) in [7, 11) is 0. The van der Waals surface area contributed by atoms with Gasteiger partial charge in [0.1, 0.15) is 0 Å². The fraction of sp³-hybridized carbons (Fsp3) is 0.667. The number of hydrogen-bond acceptors (Lipinski definition) is 5. The monoisotopic (exact) mass is 268 g/mol. The van der Waals surface area contributed by atoms with Gasteiger partial charge in [-0.3, -0.25) is 9.69 Å². The summed E-state index contributed by atoms with van der Waals surface area (Å²) in [6.07, 6.45) is 2.31. The predicted molar refractivity (Wildman–Crippen MR) is 73.7 cm³/mol. The number of aromatic nitrogens is 1. The summed E-state index contributed by atoms with van der Waals surface area (Å²) < 4.78 is 0. The van der Waals surface area contributed by atoms with Crippen molar-refractivity contribution in [3.63, 3.8) is 0 Å². The highest BCUT2D eigenvalue weighted by molar-refractivity contribution is 7.13. The van der Waals surface area contributed by atoms with E-state index < -0.39 is 0 Å². The molecule has 0 aliphatic carbocycles. The quantitative estimate of drug-likeness (QED) is 0.856. The van der Waals surface area contributed by atoms with E-state index in [1.165, 1.54) is 17.8 Å². The Morgan fingerprint density at radius 1 is 1.72 bits per heavy atom. The van der Waals surface area contributed by atoms with Gasteiger partial charge in [-0.25, -0.2) is 4.98 Å². The molecule has 5 nitrogen and oxygen atoms in total. The molecule has 0 bridgehead atoms. The number of nitrogens with two attached hydrogens (primary N) is 1. The molecular formula is C12H20N4OS. The van der Waals surface area contributed by atoms with Gasteiger partial charge in [0, 0.05) is 11.9 Å². The number of nitrogens with one attached hydrogen (secondary N) is 1. The number of rotatable bonds is 4. The molecule has 2 heterocycles. The van der Waals surface area contributed by atoms with Gasteiger partial charge in [0.05, 0.1) is 12.2 Å². The summed E-state index contributed by atoms with van der Waals surface area (Å²) in [5.74, 6) is 0.552. The molecule has 1 saturated heterocycles. The normalized spacial score (nSPS) is 20.9. The lowest BCUT2D eigenvalue weighted by Crippen LogP contribution is -2.42. The van der Waals surface area contributed by atoms with Gasteiger partial charge < -0.3 is 11.1 Å². The van der Waals surface area contributed by atoms with E-state index >= 15 is 0 Å². The predicted octanol–water partition coefficient (Wildman–Crippen LogP) is 1.06. The van der Waals surface area contributed by atoms with Gasteiger partial charge in [0.25, 0.3) is 0 Å². The maximum Gasteiger partial charge on any atom is 0.240 e. The van der Waals surface area contributed by atoms with Crippen molar-refractivity contribution in [3.8, 4) is 0 Å². The van der Waals surface area contributed by atoms with E-state index in [2.05, 4.69) is 15.2 Å². The van der Waals surface area contributed by atoms with Crippen molar-refractivity contribution < 1.29 is 4.79 Å². The van der Waals surface area contributed by atoms with Crippen LogP contribution in [0, 0.1) is 12.8 Å². The lowest BCUT2D eigenvalue weighted by molar-refractivity contribution is -0.117. The van der Waals surface area contributed by atoms with Gasteiger partial charge in [0.15, 0.2) is 5.13 Å². The summed E-state index contributed by atoms with van der Waals surface area (Å²) in [5.41, 5.74) is 6.63. The number of anilines is 1. The van der Waals surface area contributed by atoms with Crippen molar-refractivity contribution in [2.24, 2.45) is 11.7 Å². The highest BCUT2D eigenvalue weighted by Gasteiger charge is 2.20. The Labute approximate surface area is 111 Å². The number of carbonyl (C=O) groups is 1. The summed E-state index contributed by atoms with van der Waals surface area (Å²) in [6, 6.07) is 0. The van der Waals surface area contributed by atoms with Crippen LogP contribution >= 0.6 is 11.3 Å². The second-order valence-electron chi connectivity index (χ2n) is 4.82. The summed E-state index contributed by atoms with van der Waals surface area (Å²) >= 11 is 1.46. The van der Waals surface area contributed by atoms with Crippen LogP contribution in [0.1, 0.15) is 18.5 Å². The summed E-state index contributed by atoms with van der Waals surface area (Å²) in [5, 5.41) is 5.46. The molecule has 0 saturated carbocycles. The molecule has 100 valence electrons. The van der Waals surface area contributed by atoms with E-state index in [-0.39, 0.29) is 5.91 Å². The molecule has 3 N–H and O–H groups in total. The summed E-state index contributed by atoms with van der Waals surface area (Å²) in [4.78, 5) is 18.3. The smallest absolute Gasteiger partial charge is 0.240 e. The number of likely N-dealkylation sites (tertiary alicyclic amines) is 1. The SMILES string of the molecule is Cc1csc(NC(=O)CN2CCCC(CN)C2)n1. The minimum atomic E-state index is 0.0158. The van der Waals surface area contributed by atoms with Gasteiger partial charge in [-0.05, 0) is 38.8 Å². The Bertz CT molecular complexity index is 407. The number of piperidine rings is 1. The van der Waals surface area contributed by atoms with Crippen molar-refractivity contribution >= 4 is 22.4 Å². The second kappa shape index (κ2) is 6.26. The first-order chi connectivity index (χ1) is 8.67. The molecule has 0 radical (unpaired) electrons.